The van der Waals surface area contributed by atoms with Crippen LogP contribution in [-0.4, -0.2) is 94.6 Å². The van der Waals surface area contributed by atoms with Crippen LogP contribution in [-0.2, 0) is 20.9 Å². The zero-order valence-electron chi connectivity index (χ0n) is 24.3. The number of benzene rings is 1. The summed E-state index contributed by atoms with van der Waals surface area (Å²) in [5, 5.41) is 6.46. The number of esters is 1. The Labute approximate surface area is 266 Å². The van der Waals surface area contributed by atoms with Crippen LogP contribution in [0.5, 0.6) is 0 Å². The highest BCUT2D eigenvalue weighted by Crippen LogP contribution is 2.29. The molecule has 1 amide bonds. The van der Waals surface area contributed by atoms with Gasteiger partial charge in [0.05, 0.1) is 18.8 Å². The number of hydrogen-bond donors (Lipinski definition) is 2. The summed E-state index contributed by atoms with van der Waals surface area (Å²) in [6, 6.07) is 14.3. The van der Waals surface area contributed by atoms with E-state index >= 15 is 0 Å². The third-order valence-electron chi connectivity index (χ3n) is 7.92. The van der Waals surface area contributed by atoms with Gasteiger partial charge in [0.1, 0.15) is 11.9 Å². The van der Waals surface area contributed by atoms with E-state index in [0.29, 0.717) is 32.0 Å². The Morgan fingerprint density at radius 2 is 1.79 bits per heavy atom. The molecule has 2 atom stereocenters. The minimum absolute atomic E-state index is 0. The molecule has 2 N–H and O–H groups in total. The van der Waals surface area contributed by atoms with Crippen LogP contribution in [0.4, 0.5) is 17.5 Å². The van der Waals surface area contributed by atoms with Crippen LogP contribution in [0.15, 0.2) is 54.9 Å². The van der Waals surface area contributed by atoms with Gasteiger partial charge in [0.2, 0.25) is 11.9 Å². The molecule has 8 heterocycles. The second-order valence-electron chi connectivity index (χ2n) is 11.0. The summed E-state index contributed by atoms with van der Waals surface area (Å²) in [4.78, 5) is 45.2. The number of amides is 1. The second-order valence-corrected chi connectivity index (χ2v) is 11.0. The minimum Gasteiger partial charge on any atom is -0.461 e. The largest absolute Gasteiger partial charge is 0.461 e. The lowest BCUT2D eigenvalue weighted by Gasteiger charge is -2.34. The van der Waals surface area contributed by atoms with Gasteiger partial charge in [-0.05, 0) is 42.3 Å². The summed E-state index contributed by atoms with van der Waals surface area (Å²) < 4.78 is 5.56. The molecule has 1 aromatic carbocycles. The number of carbonyl (C=O) groups is 2. The summed E-state index contributed by atoms with van der Waals surface area (Å²) in [7, 11) is 0. The lowest BCUT2D eigenvalue weighted by Crippen LogP contribution is -2.49. The highest BCUT2D eigenvalue weighted by molar-refractivity contribution is 7.59. The average Bonchev–Trinajstić information content (AvgIpc) is 3.36. The third kappa shape index (κ3) is 8.37. The molecule has 0 aliphatic carbocycles. The first kappa shape index (κ1) is 32.5. The molecular formula is C30H40N8O3S2. The number of aromatic nitrogens is 3. The highest BCUT2D eigenvalue weighted by Gasteiger charge is 2.34. The number of carbonyl (C=O) groups excluding carboxylic acids is 2. The molecule has 13 heteroatoms. The Morgan fingerprint density at radius 3 is 2.53 bits per heavy atom. The molecule has 6 aliphatic heterocycles. The van der Waals surface area contributed by atoms with Gasteiger partial charge in [0.25, 0.3) is 0 Å². The first-order valence-electron chi connectivity index (χ1n) is 14.3. The van der Waals surface area contributed by atoms with E-state index in [2.05, 4.69) is 42.5 Å². The van der Waals surface area contributed by atoms with Crippen molar-refractivity contribution in [2.24, 2.45) is 0 Å². The van der Waals surface area contributed by atoms with Gasteiger partial charge in [-0.25, -0.2) is 15.0 Å². The first-order valence-corrected chi connectivity index (χ1v) is 14.3. The van der Waals surface area contributed by atoms with Crippen molar-refractivity contribution in [1.29, 1.82) is 0 Å². The van der Waals surface area contributed by atoms with Gasteiger partial charge in [-0.3, -0.25) is 19.4 Å². The van der Waals surface area contributed by atoms with Gasteiger partial charge >= 0.3 is 5.97 Å². The van der Waals surface area contributed by atoms with Crippen LogP contribution in [0.2, 0.25) is 0 Å². The maximum atomic E-state index is 12.8. The predicted octanol–water partition coefficient (Wildman–Crippen LogP) is 2.66. The molecule has 9 rings (SSSR count). The lowest BCUT2D eigenvalue weighted by molar-refractivity contribution is -0.145. The molecule has 2 fully saturated rings. The van der Waals surface area contributed by atoms with Crippen molar-refractivity contribution >= 4 is 56.3 Å². The Hall–Kier alpha value is -3.39. The number of pyridine rings is 1. The Balaban J connectivity index is 0.00000212. The molecule has 2 aromatic heterocycles. The van der Waals surface area contributed by atoms with E-state index in [0.717, 1.165) is 61.9 Å². The molecule has 3 aromatic rings. The van der Waals surface area contributed by atoms with E-state index in [1.807, 2.05) is 36.5 Å². The zero-order chi connectivity index (χ0) is 28.2. The molecule has 11 nitrogen and oxygen atoms in total. The normalized spacial score (nSPS) is 23.6. The molecule has 0 saturated carbocycles. The minimum atomic E-state index is -0.285. The standard InChI is InChI=1S/C30H36N8O3.2H2S/c1-21(39)41-26-16-25-7-9-31-29(40)20-37-13-11-36(12-14-37)18-22-3-2-4-24(15-22)34-30-32-10-8-27(35-30)23-5-6-28(33-17-23)38(25)19-26;;/h2-6,8,10,15,17,25-26H,7,9,11-14,16,18-20H2,1H3,(H,31,40)(H,32,34,35);2*1H2. The van der Waals surface area contributed by atoms with Crippen LogP contribution >= 0.6 is 27.0 Å². The zero-order valence-corrected chi connectivity index (χ0v) is 26.3. The summed E-state index contributed by atoms with van der Waals surface area (Å²) >= 11 is 0. The van der Waals surface area contributed by atoms with Crippen molar-refractivity contribution in [3.63, 3.8) is 0 Å². The van der Waals surface area contributed by atoms with Crippen LogP contribution < -0.4 is 15.5 Å². The van der Waals surface area contributed by atoms with Crippen LogP contribution in [0, 0.1) is 0 Å². The van der Waals surface area contributed by atoms with E-state index in [1.165, 1.54) is 12.5 Å². The quantitative estimate of drug-likeness (QED) is 0.392. The number of rotatable bonds is 1. The topological polar surface area (TPSA) is 116 Å². The Kier molecular flexibility index (Phi) is 11.2. The fourth-order valence-electron chi connectivity index (χ4n) is 5.91. The summed E-state index contributed by atoms with van der Waals surface area (Å²) in [5.74, 6) is 1.09. The van der Waals surface area contributed by atoms with Gasteiger partial charge in [-0.1, -0.05) is 12.1 Å². The molecule has 8 bridgehead atoms. The second kappa shape index (κ2) is 14.9. The van der Waals surface area contributed by atoms with Crippen molar-refractivity contribution < 1.29 is 14.3 Å². The monoisotopic (exact) mass is 624 g/mol. The SMILES string of the molecule is CC(=O)OC1CC2CCNC(=O)CN3CCN(CC3)Cc3cccc(c3)Nc3nccc(n3)-c3ccc(nc3)N2C1.S.S. The fraction of sp³-hybridized carbons (Fsp3) is 0.433. The molecule has 230 valence electrons. The van der Waals surface area contributed by atoms with Crippen LogP contribution in [0.25, 0.3) is 11.3 Å². The Morgan fingerprint density at radius 1 is 1.00 bits per heavy atom. The van der Waals surface area contributed by atoms with Gasteiger partial charge in [0, 0.05) is 82.3 Å². The summed E-state index contributed by atoms with van der Waals surface area (Å²) in [6.07, 6.45) is 4.79. The number of ether oxygens (including phenoxy) is 1. The van der Waals surface area contributed by atoms with E-state index < -0.39 is 0 Å². The molecule has 6 aliphatic rings. The van der Waals surface area contributed by atoms with Gasteiger partial charge < -0.3 is 20.3 Å². The van der Waals surface area contributed by atoms with Gasteiger partial charge in [-0.15, -0.1) is 0 Å². The van der Waals surface area contributed by atoms with Crippen LogP contribution in [0.1, 0.15) is 25.3 Å². The maximum Gasteiger partial charge on any atom is 0.302 e. The number of nitrogens with one attached hydrogen (secondary N) is 2. The van der Waals surface area contributed by atoms with E-state index in [9.17, 15) is 9.59 Å². The van der Waals surface area contributed by atoms with Crippen molar-refractivity contribution in [2.75, 3.05) is 56.0 Å². The van der Waals surface area contributed by atoms with E-state index in [4.69, 9.17) is 14.7 Å². The van der Waals surface area contributed by atoms with Crippen molar-refractivity contribution in [2.45, 2.75) is 38.5 Å². The molecule has 2 saturated heterocycles. The van der Waals surface area contributed by atoms with Gasteiger partial charge in [0.15, 0.2) is 0 Å². The third-order valence-corrected chi connectivity index (χ3v) is 7.92. The van der Waals surface area contributed by atoms with E-state index in [-0.39, 0.29) is 51.0 Å². The number of piperazine rings is 1. The number of hydrogen-bond acceptors (Lipinski definition) is 10. The first-order chi connectivity index (χ1) is 20.0. The Bertz CT molecular complexity index is 1390. The lowest BCUT2D eigenvalue weighted by atomic mass is 10.1. The van der Waals surface area contributed by atoms with Gasteiger partial charge in [-0.2, -0.15) is 27.0 Å². The summed E-state index contributed by atoms with van der Waals surface area (Å²) in [5.41, 5.74) is 3.80. The maximum absolute atomic E-state index is 12.8. The molecule has 2 unspecified atom stereocenters. The van der Waals surface area contributed by atoms with Crippen molar-refractivity contribution in [3.8, 4) is 11.3 Å². The van der Waals surface area contributed by atoms with E-state index in [1.54, 1.807) is 6.20 Å². The molecule has 0 radical (unpaired) electrons. The smallest absolute Gasteiger partial charge is 0.302 e. The van der Waals surface area contributed by atoms with Crippen molar-refractivity contribution in [3.05, 3.63) is 60.4 Å². The average molecular weight is 625 g/mol. The highest BCUT2D eigenvalue weighted by atomic mass is 32.1. The molecule has 43 heavy (non-hydrogen) atoms. The fourth-order valence-corrected chi connectivity index (χ4v) is 5.91. The predicted molar refractivity (Wildman–Crippen MR) is 176 cm³/mol. The molecular weight excluding hydrogens is 585 g/mol. The van der Waals surface area contributed by atoms with Crippen molar-refractivity contribution in [1.82, 2.24) is 30.1 Å². The number of anilines is 3. The van der Waals surface area contributed by atoms with Crippen LogP contribution in [0.3, 0.4) is 0 Å². The molecule has 0 spiro atoms. The number of nitrogens with zero attached hydrogens (tertiary/aromatic N) is 6. The summed E-state index contributed by atoms with van der Waals surface area (Å²) in [6.45, 7) is 7.34.